The Labute approximate surface area is 104 Å². The molecule has 4 heteroatoms. The number of rotatable bonds is 3. The molecule has 0 amide bonds. The van der Waals surface area contributed by atoms with E-state index in [9.17, 15) is 5.11 Å². The molecule has 84 valence electrons. The Hall–Kier alpha value is -0.900. The Kier molecular flexibility index (Phi) is 3.59. The normalized spacial score (nSPS) is 12.7. The average molecular weight is 254 g/mol. The van der Waals surface area contributed by atoms with Gasteiger partial charge in [0.1, 0.15) is 11.1 Å². The fraction of sp³-hybridized carbons (Fsp3) is 0.250. The number of hydrogen-bond acceptors (Lipinski definition) is 3. The predicted molar refractivity (Wildman–Crippen MR) is 67.0 cm³/mol. The van der Waals surface area contributed by atoms with Gasteiger partial charge in [-0.25, -0.2) is 4.98 Å². The molecule has 0 aliphatic carbocycles. The van der Waals surface area contributed by atoms with E-state index in [2.05, 4.69) is 4.98 Å². The average Bonchev–Trinajstić information content (AvgIpc) is 2.68. The van der Waals surface area contributed by atoms with Crippen molar-refractivity contribution in [3.63, 3.8) is 0 Å². The van der Waals surface area contributed by atoms with Crippen LogP contribution in [0.3, 0.4) is 0 Å². The van der Waals surface area contributed by atoms with E-state index in [0.29, 0.717) is 11.4 Å². The lowest BCUT2D eigenvalue weighted by molar-refractivity contribution is 0.178. The highest BCUT2D eigenvalue weighted by atomic mass is 35.5. The summed E-state index contributed by atoms with van der Waals surface area (Å²) in [5.74, 6) is 0. The van der Waals surface area contributed by atoms with Gasteiger partial charge in [-0.1, -0.05) is 29.8 Å². The van der Waals surface area contributed by atoms with E-state index < -0.39 is 6.10 Å². The molecule has 2 aromatic rings. The Balaban J connectivity index is 2.13. The molecule has 1 heterocycles. The molecule has 1 N–H and O–H groups in total. The number of aromatic nitrogens is 1. The summed E-state index contributed by atoms with van der Waals surface area (Å²) in [6, 6.07) is 7.55. The minimum Gasteiger partial charge on any atom is -0.386 e. The van der Waals surface area contributed by atoms with Gasteiger partial charge in [0.25, 0.3) is 0 Å². The molecule has 0 saturated carbocycles. The maximum Gasteiger partial charge on any atom is 0.122 e. The molecule has 0 saturated heterocycles. The van der Waals surface area contributed by atoms with Crippen LogP contribution in [0, 0.1) is 6.92 Å². The van der Waals surface area contributed by atoms with Crippen molar-refractivity contribution in [3.8, 4) is 0 Å². The maximum absolute atomic E-state index is 10.0. The van der Waals surface area contributed by atoms with Crippen molar-refractivity contribution < 1.29 is 5.11 Å². The number of nitrogens with zero attached hydrogens (tertiary/aromatic N) is 1. The summed E-state index contributed by atoms with van der Waals surface area (Å²) in [7, 11) is 0. The summed E-state index contributed by atoms with van der Waals surface area (Å²) in [6.45, 7) is 1.92. The SMILES string of the molecule is Cc1csc(C(O)Cc2ccccc2Cl)n1. The minimum absolute atomic E-state index is 0.507. The van der Waals surface area contributed by atoms with Gasteiger partial charge < -0.3 is 5.11 Å². The van der Waals surface area contributed by atoms with Gasteiger partial charge in [-0.15, -0.1) is 11.3 Å². The minimum atomic E-state index is -0.571. The van der Waals surface area contributed by atoms with E-state index in [-0.39, 0.29) is 0 Å². The Morgan fingerprint density at radius 2 is 2.19 bits per heavy atom. The summed E-state index contributed by atoms with van der Waals surface area (Å²) in [6.07, 6.45) is -0.0642. The molecule has 0 bridgehead atoms. The number of halogens is 1. The van der Waals surface area contributed by atoms with Crippen LogP contribution in [0.1, 0.15) is 22.4 Å². The van der Waals surface area contributed by atoms with E-state index in [4.69, 9.17) is 11.6 Å². The zero-order chi connectivity index (χ0) is 11.5. The zero-order valence-corrected chi connectivity index (χ0v) is 10.4. The van der Waals surface area contributed by atoms with Crippen molar-refractivity contribution in [1.82, 2.24) is 4.98 Å². The van der Waals surface area contributed by atoms with Crippen LogP contribution >= 0.6 is 22.9 Å². The second-order valence-electron chi connectivity index (χ2n) is 3.64. The molecular formula is C12H12ClNOS. The van der Waals surface area contributed by atoms with E-state index in [1.165, 1.54) is 11.3 Å². The Bertz CT molecular complexity index is 483. The quantitative estimate of drug-likeness (QED) is 0.910. The van der Waals surface area contributed by atoms with E-state index in [1.807, 2.05) is 36.6 Å². The molecule has 0 fully saturated rings. The fourth-order valence-electron chi connectivity index (χ4n) is 1.48. The second kappa shape index (κ2) is 4.95. The van der Waals surface area contributed by atoms with Gasteiger partial charge in [0.2, 0.25) is 0 Å². The third kappa shape index (κ3) is 2.61. The van der Waals surface area contributed by atoms with E-state index >= 15 is 0 Å². The van der Waals surface area contributed by atoms with Crippen LogP contribution in [-0.4, -0.2) is 10.1 Å². The number of thiazole rings is 1. The second-order valence-corrected chi connectivity index (χ2v) is 4.94. The largest absolute Gasteiger partial charge is 0.386 e. The molecule has 1 unspecified atom stereocenters. The standard InChI is InChI=1S/C12H12ClNOS/c1-8-7-16-12(14-8)11(15)6-9-4-2-3-5-10(9)13/h2-5,7,11,15H,6H2,1H3. The Morgan fingerprint density at radius 3 is 2.81 bits per heavy atom. The first-order valence-corrected chi connectivity index (χ1v) is 6.26. The maximum atomic E-state index is 10.0. The van der Waals surface area contributed by atoms with Crippen molar-refractivity contribution in [3.05, 3.63) is 50.9 Å². The van der Waals surface area contributed by atoms with Gasteiger partial charge in [0, 0.05) is 22.5 Å². The fourth-order valence-corrected chi connectivity index (χ4v) is 2.48. The van der Waals surface area contributed by atoms with Crippen LogP contribution < -0.4 is 0 Å². The highest BCUT2D eigenvalue weighted by Crippen LogP contribution is 2.25. The first-order valence-electron chi connectivity index (χ1n) is 5.00. The summed E-state index contributed by atoms with van der Waals surface area (Å²) >= 11 is 7.51. The van der Waals surface area contributed by atoms with Crippen LogP contribution in [0.5, 0.6) is 0 Å². The molecule has 2 nitrogen and oxygen atoms in total. The van der Waals surface area contributed by atoms with E-state index in [1.54, 1.807) is 0 Å². The van der Waals surface area contributed by atoms with Gasteiger partial charge in [-0.3, -0.25) is 0 Å². The molecule has 0 radical (unpaired) electrons. The van der Waals surface area contributed by atoms with Gasteiger partial charge in [-0.05, 0) is 18.6 Å². The van der Waals surface area contributed by atoms with Crippen molar-refractivity contribution in [2.24, 2.45) is 0 Å². The number of benzene rings is 1. The van der Waals surface area contributed by atoms with Crippen LogP contribution in [0.4, 0.5) is 0 Å². The van der Waals surface area contributed by atoms with Crippen molar-refractivity contribution in [1.29, 1.82) is 0 Å². The van der Waals surface area contributed by atoms with E-state index in [0.717, 1.165) is 16.3 Å². The molecule has 1 aromatic heterocycles. The topological polar surface area (TPSA) is 33.1 Å². The Morgan fingerprint density at radius 1 is 1.44 bits per heavy atom. The van der Waals surface area contributed by atoms with Crippen LogP contribution in [0.15, 0.2) is 29.6 Å². The zero-order valence-electron chi connectivity index (χ0n) is 8.85. The molecule has 1 atom stereocenters. The molecule has 0 aliphatic rings. The number of aryl methyl sites for hydroxylation is 1. The van der Waals surface area contributed by atoms with Gasteiger partial charge >= 0.3 is 0 Å². The molecule has 2 rings (SSSR count). The summed E-state index contributed by atoms with van der Waals surface area (Å²) < 4.78 is 0. The number of aliphatic hydroxyl groups is 1. The molecule has 0 spiro atoms. The summed E-state index contributed by atoms with van der Waals surface area (Å²) in [5, 5.41) is 13.4. The first kappa shape index (κ1) is 11.6. The molecule has 16 heavy (non-hydrogen) atoms. The van der Waals surface area contributed by atoms with Crippen molar-refractivity contribution >= 4 is 22.9 Å². The third-order valence-electron chi connectivity index (χ3n) is 2.29. The molecule has 1 aromatic carbocycles. The lowest BCUT2D eigenvalue weighted by Gasteiger charge is -2.08. The summed E-state index contributed by atoms with van der Waals surface area (Å²) in [4.78, 5) is 4.26. The van der Waals surface area contributed by atoms with Crippen molar-refractivity contribution in [2.45, 2.75) is 19.4 Å². The first-order chi connectivity index (χ1) is 7.66. The van der Waals surface area contributed by atoms with Crippen LogP contribution in [0.2, 0.25) is 5.02 Å². The predicted octanol–water partition coefficient (Wildman–Crippen LogP) is 3.38. The van der Waals surface area contributed by atoms with Gasteiger partial charge in [0.15, 0.2) is 0 Å². The van der Waals surface area contributed by atoms with Crippen LogP contribution in [0.25, 0.3) is 0 Å². The smallest absolute Gasteiger partial charge is 0.122 e. The molecule has 0 aliphatic heterocycles. The number of hydrogen-bond donors (Lipinski definition) is 1. The van der Waals surface area contributed by atoms with Crippen LogP contribution in [-0.2, 0) is 6.42 Å². The van der Waals surface area contributed by atoms with Crippen molar-refractivity contribution in [2.75, 3.05) is 0 Å². The molecular weight excluding hydrogens is 242 g/mol. The third-order valence-corrected chi connectivity index (χ3v) is 3.73. The lowest BCUT2D eigenvalue weighted by atomic mass is 10.1. The number of aliphatic hydroxyl groups excluding tert-OH is 1. The lowest BCUT2D eigenvalue weighted by Crippen LogP contribution is -2.01. The monoisotopic (exact) mass is 253 g/mol. The summed E-state index contributed by atoms with van der Waals surface area (Å²) in [5.41, 5.74) is 1.89. The van der Waals surface area contributed by atoms with Gasteiger partial charge in [-0.2, -0.15) is 0 Å². The van der Waals surface area contributed by atoms with Gasteiger partial charge in [0.05, 0.1) is 0 Å². The highest BCUT2D eigenvalue weighted by Gasteiger charge is 2.13. The highest BCUT2D eigenvalue weighted by molar-refractivity contribution is 7.09.